The molecule has 1 aromatic rings. The van der Waals surface area contributed by atoms with E-state index in [4.69, 9.17) is 0 Å². The van der Waals surface area contributed by atoms with Gasteiger partial charge < -0.3 is 5.32 Å². The van der Waals surface area contributed by atoms with E-state index in [-0.39, 0.29) is 0 Å². The summed E-state index contributed by atoms with van der Waals surface area (Å²) in [5.74, 6) is 0. The molecule has 0 saturated carbocycles. The number of nitrogens with one attached hydrogen (secondary N) is 1. The van der Waals surface area contributed by atoms with Gasteiger partial charge >= 0.3 is 0 Å². The molecule has 0 saturated heterocycles. The predicted octanol–water partition coefficient (Wildman–Crippen LogP) is 1.70. The second kappa shape index (κ2) is 3.61. The van der Waals surface area contributed by atoms with E-state index in [0.717, 1.165) is 25.2 Å². The van der Waals surface area contributed by atoms with Gasteiger partial charge in [-0.25, -0.2) is 0 Å². The third-order valence-electron chi connectivity index (χ3n) is 2.81. The topological polar surface area (TPSA) is 30.3 Å². The second-order valence-electron chi connectivity index (χ2n) is 3.79. The van der Waals surface area contributed by atoms with Gasteiger partial charge in [-0.15, -0.1) is 0 Å². The van der Waals surface area contributed by atoms with Crippen LogP contribution in [0.25, 0.3) is 0 Å². The van der Waals surface area contributed by atoms with E-state index < -0.39 is 0 Å². The Labute approximate surface area is 89.1 Å². The molecule has 3 nitrogen and oxygen atoms in total. The van der Waals surface area contributed by atoms with Crippen LogP contribution in [0, 0.1) is 0 Å². The van der Waals surface area contributed by atoms with E-state index in [0.29, 0.717) is 0 Å². The van der Waals surface area contributed by atoms with Crippen LogP contribution < -0.4 is 10.3 Å². The van der Waals surface area contributed by atoms with Crippen LogP contribution in [0.2, 0.25) is 0 Å². The molecule has 0 fully saturated rings. The highest BCUT2D eigenvalue weighted by molar-refractivity contribution is 5.84. The van der Waals surface area contributed by atoms with E-state index in [1.165, 1.54) is 11.3 Å². The minimum Gasteiger partial charge on any atom is -0.312 e. The molecule has 1 N–H and O–H groups in total. The molecule has 2 heterocycles. The number of nitrogens with zero attached hydrogens (tertiary/aromatic N) is 2. The van der Waals surface area contributed by atoms with Crippen molar-refractivity contribution in [2.45, 2.75) is 6.42 Å². The minimum absolute atomic E-state index is 0.947. The van der Waals surface area contributed by atoms with Gasteiger partial charge in [0.15, 0.2) is 0 Å². The molecular formula is C12H13N3+. The first-order chi connectivity index (χ1) is 7.45. The Kier molecular flexibility index (Phi) is 2.12. The third-order valence-corrected chi connectivity index (χ3v) is 2.81. The molecule has 0 unspecified atom stereocenters. The van der Waals surface area contributed by atoms with Crippen LogP contribution in [0.4, 0.5) is 5.69 Å². The fraction of sp³-hybridized carbons (Fsp3) is 0.250. The summed E-state index contributed by atoms with van der Waals surface area (Å²) in [5.41, 5.74) is 3.82. The summed E-state index contributed by atoms with van der Waals surface area (Å²) in [6.07, 6.45) is 3.03. The Morgan fingerprint density at radius 1 is 1.20 bits per heavy atom. The molecule has 0 amide bonds. The lowest BCUT2D eigenvalue weighted by molar-refractivity contribution is 0.595. The summed E-state index contributed by atoms with van der Waals surface area (Å²) in [4.78, 5) is 0. The zero-order chi connectivity index (χ0) is 10.1. The van der Waals surface area contributed by atoms with Crippen molar-refractivity contribution < 1.29 is 0 Å². The second-order valence-corrected chi connectivity index (χ2v) is 3.79. The molecule has 1 radical (unpaired) electrons. The molecule has 0 spiro atoms. The maximum atomic E-state index is 4.44. The van der Waals surface area contributed by atoms with Gasteiger partial charge in [0.1, 0.15) is 6.21 Å². The van der Waals surface area contributed by atoms with Crippen molar-refractivity contribution in [1.82, 2.24) is 10.3 Å². The van der Waals surface area contributed by atoms with Crippen LogP contribution in [-0.2, 0) is 0 Å². The van der Waals surface area contributed by atoms with Crippen LogP contribution >= 0.6 is 0 Å². The summed E-state index contributed by atoms with van der Waals surface area (Å²) in [6, 6.07) is 10.3. The zero-order valence-electron chi connectivity index (χ0n) is 8.48. The standard InChI is InChI=1S/C12H13N3/c1-2-4-11(5-3-1)15-12-6-7-13-8-10(12)9-14-15/h1-5,9,13H,6-8H2/q+1. The van der Waals surface area contributed by atoms with Gasteiger partial charge in [-0.3, -0.25) is 0 Å². The molecule has 3 rings (SSSR count). The first kappa shape index (κ1) is 8.83. The average molecular weight is 199 g/mol. The summed E-state index contributed by atoms with van der Waals surface area (Å²) >= 11 is 0. The van der Waals surface area contributed by atoms with Crippen molar-refractivity contribution in [3.05, 3.63) is 41.6 Å². The van der Waals surface area contributed by atoms with Crippen LogP contribution in [0.5, 0.6) is 0 Å². The molecule has 0 aromatic heterocycles. The molecule has 3 heteroatoms. The van der Waals surface area contributed by atoms with Crippen molar-refractivity contribution in [3.8, 4) is 0 Å². The predicted molar refractivity (Wildman–Crippen MR) is 61.2 cm³/mol. The highest BCUT2D eigenvalue weighted by Gasteiger charge is 2.34. The summed E-state index contributed by atoms with van der Waals surface area (Å²) in [7, 11) is 0. The highest BCUT2D eigenvalue weighted by Crippen LogP contribution is 2.27. The molecular weight excluding hydrogens is 186 g/mol. The van der Waals surface area contributed by atoms with Gasteiger partial charge in [-0.05, 0) is 5.10 Å². The van der Waals surface area contributed by atoms with Crippen molar-refractivity contribution in [1.29, 1.82) is 0 Å². The number of hydrogen-bond donors (Lipinski definition) is 1. The molecule has 2 aliphatic rings. The first-order valence-electron chi connectivity index (χ1n) is 5.27. The zero-order valence-corrected chi connectivity index (χ0v) is 8.48. The van der Waals surface area contributed by atoms with Crippen molar-refractivity contribution in [3.63, 3.8) is 0 Å². The average Bonchev–Trinajstić information content (AvgIpc) is 2.74. The van der Waals surface area contributed by atoms with Gasteiger partial charge in [0.05, 0.1) is 5.57 Å². The number of benzene rings is 1. The Hall–Kier alpha value is -1.45. The van der Waals surface area contributed by atoms with Gasteiger partial charge in [0, 0.05) is 36.7 Å². The molecule has 1 aromatic carbocycles. The van der Waals surface area contributed by atoms with Crippen molar-refractivity contribution >= 4 is 11.9 Å². The SMILES string of the molecule is C1=N[N+](c2ccccc2)C2=C1CNCC2. The summed E-state index contributed by atoms with van der Waals surface area (Å²) in [5, 5.41) is 9.85. The lowest BCUT2D eigenvalue weighted by Gasteiger charge is -2.11. The van der Waals surface area contributed by atoms with Crippen LogP contribution in [0.15, 0.2) is 46.7 Å². The Morgan fingerprint density at radius 3 is 2.93 bits per heavy atom. The summed E-state index contributed by atoms with van der Waals surface area (Å²) in [6.45, 7) is 1.99. The largest absolute Gasteiger partial charge is 0.312 e. The Morgan fingerprint density at radius 2 is 2.07 bits per heavy atom. The van der Waals surface area contributed by atoms with Crippen molar-refractivity contribution in [2.24, 2.45) is 5.10 Å². The number of hydrogen-bond acceptors (Lipinski definition) is 3. The van der Waals surface area contributed by atoms with Gasteiger partial charge in [-0.1, -0.05) is 18.2 Å². The number of hydrazone groups is 1. The van der Waals surface area contributed by atoms with E-state index in [2.05, 4.69) is 27.6 Å². The lowest BCUT2D eigenvalue weighted by Crippen LogP contribution is -2.28. The first-order valence-corrected chi connectivity index (χ1v) is 5.27. The van der Waals surface area contributed by atoms with Crippen LogP contribution in [-0.4, -0.2) is 19.3 Å². The normalized spacial score (nSPS) is 20.8. The van der Waals surface area contributed by atoms with Crippen molar-refractivity contribution in [2.75, 3.05) is 13.1 Å². The number of rotatable bonds is 1. The number of anilines is 1. The van der Waals surface area contributed by atoms with Crippen LogP contribution in [0.3, 0.4) is 0 Å². The molecule has 2 aliphatic heterocycles. The quantitative estimate of drug-likeness (QED) is 0.686. The minimum atomic E-state index is 0.947. The molecule has 15 heavy (non-hydrogen) atoms. The van der Waals surface area contributed by atoms with Gasteiger partial charge in [0.25, 0.3) is 0 Å². The van der Waals surface area contributed by atoms with E-state index in [1.54, 1.807) is 0 Å². The third kappa shape index (κ3) is 1.50. The van der Waals surface area contributed by atoms with E-state index in [9.17, 15) is 0 Å². The maximum Gasteiger partial charge on any atom is 0.218 e. The fourth-order valence-electron chi connectivity index (χ4n) is 2.04. The smallest absolute Gasteiger partial charge is 0.218 e. The Bertz CT molecular complexity index is 420. The van der Waals surface area contributed by atoms with Crippen LogP contribution in [0.1, 0.15) is 6.42 Å². The molecule has 0 bridgehead atoms. The molecule has 0 aliphatic carbocycles. The van der Waals surface area contributed by atoms with Gasteiger partial charge in [-0.2, -0.15) is 0 Å². The van der Waals surface area contributed by atoms with Gasteiger partial charge in [0.2, 0.25) is 11.4 Å². The fourth-order valence-corrected chi connectivity index (χ4v) is 2.04. The highest BCUT2D eigenvalue weighted by atomic mass is 15.5. The lowest BCUT2D eigenvalue weighted by atomic mass is 10.1. The molecule has 0 atom stereocenters. The van der Waals surface area contributed by atoms with E-state index >= 15 is 0 Å². The molecule has 75 valence electrons. The Balaban J connectivity index is 1.96. The van der Waals surface area contributed by atoms with E-state index in [1.807, 2.05) is 24.4 Å². The monoisotopic (exact) mass is 199 g/mol. The summed E-state index contributed by atoms with van der Waals surface area (Å²) < 4.78 is 0. The number of para-hydroxylation sites is 1. The maximum absolute atomic E-state index is 4.44.